The molecule has 0 radical (unpaired) electrons. The van der Waals surface area contributed by atoms with Crippen LogP contribution in [-0.2, 0) is 15.9 Å². The summed E-state index contributed by atoms with van der Waals surface area (Å²) >= 11 is -0.106. The molecule has 0 aliphatic heterocycles. The monoisotopic (exact) mass is 250 g/mol. The summed E-state index contributed by atoms with van der Waals surface area (Å²) in [6.07, 6.45) is 0. The first-order valence-electron chi connectivity index (χ1n) is 1.97. The van der Waals surface area contributed by atoms with Crippen molar-refractivity contribution in [2.75, 3.05) is 6.54 Å². The second-order valence-electron chi connectivity index (χ2n) is 1.26. The molecule has 0 aromatic rings. The minimum absolute atomic E-state index is 0.106. The molecule has 0 aromatic carbocycles. The average Bonchev–Trinajstić information content (AvgIpc) is 1.69. The summed E-state index contributed by atoms with van der Waals surface area (Å²) in [5, 5.41) is 0. The van der Waals surface area contributed by atoms with E-state index in [1.54, 1.807) is 0 Å². The van der Waals surface area contributed by atoms with E-state index in [0.717, 1.165) is 0 Å². The predicted molar refractivity (Wildman–Crippen MR) is 34.4 cm³/mol. The molecule has 0 rings (SSSR count). The van der Waals surface area contributed by atoms with Crippen LogP contribution in [0.4, 0.5) is 0 Å². The number of hydrogen-bond acceptors (Lipinski definition) is 2. The molecule has 0 bridgehead atoms. The third-order valence-electron chi connectivity index (χ3n) is 0.372. The fourth-order valence-electron chi connectivity index (χ4n) is 0. The summed E-state index contributed by atoms with van der Waals surface area (Å²) < 4.78 is 0. The van der Waals surface area contributed by atoms with Gasteiger partial charge in [-0.15, -0.1) is 0 Å². The Morgan fingerprint density at radius 2 is 1.75 bits per heavy atom. The zero-order chi connectivity index (χ0) is 6.99. The van der Waals surface area contributed by atoms with E-state index in [1.807, 2.05) is 6.92 Å². The Hall–Kier alpha value is 1.16. The second-order valence-corrected chi connectivity index (χ2v) is 3.62. The topological polar surface area (TPSA) is 52.0 Å². The Labute approximate surface area is 66.0 Å². The molecule has 1 atom stereocenters. The molecule has 0 spiro atoms. The van der Waals surface area contributed by atoms with Crippen molar-refractivity contribution in [3.8, 4) is 0 Å². The van der Waals surface area contributed by atoms with Gasteiger partial charge in [0.2, 0.25) is 0 Å². The van der Waals surface area contributed by atoms with Gasteiger partial charge in [-0.25, -0.2) is 0 Å². The van der Waals surface area contributed by atoms with Crippen LogP contribution in [0.5, 0.6) is 0 Å². The third-order valence-corrected chi connectivity index (χ3v) is 0.372. The van der Waals surface area contributed by atoms with Crippen LogP contribution >= 0.6 is 19.1 Å². The van der Waals surface area contributed by atoms with Gasteiger partial charge in [-0.05, 0) is 6.92 Å². The van der Waals surface area contributed by atoms with E-state index in [1.165, 1.54) is 0 Å². The Balaban J connectivity index is 0. The van der Waals surface area contributed by atoms with E-state index >= 15 is 0 Å². The van der Waals surface area contributed by atoms with Gasteiger partial charge in [0.15, 0.2) is 0 Å². The summed E-state index contributed by atoms with van der Waals surface area (Å²) in [6.45, 7) is 2.46. The molecule has 2 nitrogen and oxygen atoms in total. The maximum atomic E-state index is 5.17. The molecule has 8 heavy (non-hydrogen) atoms. The van der Waals surface area contributed by atoms with E-state index in [2.05, 4.69) is 0 Å². The third kappa shape index (κ3) is 27.2. The summed E-state index contributed by atoms with van der Waals surface area (Å²) in [5.41, 5.74) is 10.2. The van der Waals surface area contributed by atoms with Crippen LogP contribution in [0.3, 0.4) is 0 Å². The van der Waals surface area contributed by atoms with Gasteiger partial charge in [0.1, 0.15) is 0 Å². The molecule has 0 fully saturated rings. The molecule has 0 aliphatic rings. The first kappa shape index (κ1) is 11.9. The van der Waals surface area contributed by atoms with Crippen molar-refractivity contribution in [1.29, 1.82) is 0 Å². The molecule has 56 valence electrons. The molecule has 0 saturated carbocycles. The van der Waals surface area contributed by atoms with Crippen molar-refractivity contribution >= 4 is 19.1 Å². The van der Waals surface area contributed by atoms with Crippen molar-refractivity contribution in [2.45, 2.75) is 13.0 Å². The van der Waals surface area contributed by atoms with Crippen molar-refractivity contribution in [1.82, 2.24) is 0 Å². The van der Waals surface area contributed by atoms with Gasteiger partial charge >= 0.3 is 35.0 Å². The molecule has 0 heterocycles. The minimum atomic E-state index is -0.106. The van der Waals surface area contributed by atoms with Crippen LogP contribution in [0.2, 0.25) is 0 Å². The standard InChI is InChI=1S/C3H10N2.2ClH.Pd/c1-3(5)2-4;;;/h3H,2,4-5H2,1H3;2*1H;/q;;;+2/p-2. The van der Waals surface area contributed by atoms with Gasteiger partial charge in [-0.3, -0.25) is 0 Å². The summed E-state index contributed by atoms with van der Waals surface area (Å²) in [6, 6.07) is 0.162. The van der Waals surface area contributed by atoms with E-state index in [0.29, 0.717) is 6.54 Å². The van der Waals surface area contributed by atoms with Crippen molar-refractivity contribution in [2.24, 2.45) is 11.5 Å². The van der Waals surface area contributed by atoms with Gasteiger partial charge in [-0.2, -0.15) is 0 Å². The average molecular weight is 251 g/mol. The van der Waals surface area contributed by atoms with Gasteiger partial charge in [-0.1, -0.05) is 0 Å². The van der Waals surface area contributed by atoms with E-state index in [4.69, 9.17) is 30.5 Å². The Bertz CT molecular complexity index is 36.5. The summed E-state index contributed by atoms with van der Waals surface area (Å²) in [5.74, 6) is 0. The van der Waals surface area contributed by atoms with Crippen LogP contribution < -0.4 is 11.5 Å². The van der Waals surface area contributed by atoms with E-state index < -0.39 is 0 Å². The molecule has 0 aromatic heterocycles. The first-order valence-corrected chi connectivity index (χ1v) is 5.97. The van der Waals surface area contributed by atoms with Crippen LogP contribution in [0.15, 0.2) is 0 Å². The van der Waals surface area contributed by atoms with Crippen LogP contribution in [0.25, 0.3) is 0 Å². The fourth-order valence-corrected chi connectivity index (χ4v) is 0. The molecule has 0 saturated heterocycles. The van der Waals surface area contributed by atoms with E-state index in [9.17, 15) is 0 Å². The summed E-state index contributed by atoms with van der Waals surface area (Å²) in [4.78, 5) is 0. The molecule has 5 heteroatoms. The molecule has 1 unspecified atom stereocenters. The predicted octanol–water partition coefficient (Wildman–Crippen LogP) is 0.669. The summed E-state index contributed by atoms with van der Waals surface area (Å²) in [7, 11) is 9.63. The quantitative estimate of drug-likeness (QED) is 0.673. The number of rotatable bonds is 1. The normalized spacial score (nSPS) is 12.1. The number of hydrogen-bond donors (Lipinski definition) is 2. The molecular formula is C3H10Cl2N2Pd. The van der Waals surface area contributed by atoms with Crippen molar-refractivity contribution < 1.29 is 15.9 Å². The van der Waals surface area contributed by atoms with Gasteiger partial charge in [0.25, 0.3) is 0 Å². The first-order chi connectivity index (χ1) is 3.68. The molecule has 0 amide bonds. The molecule has 0 aliphatic carbocycles. The van der Waals surface area contributed by atoms with Crippen LogP contribution in [0, 0.1) is 0 Å². The van der Waals surface area contributed by atoms with Crippen molar-refractivity contribution in [3.05, 3.63) is 0 Å². The molecular weight excluding hydrogens is 241 g/mol. The number of halogens is 2. The van der Waals surface area contributed by atoms with Crippen LogP contribution in [0.1, 0.15) is 6.92 Å². The Morgan fingerprint density at radius 1 is 1.62 bits per heavy atom. The Morgan fingerprint density at radius 3 is 1.75 bits per heavy atom. The van der Waals surface area contributed by atoms with Crippen molar-refractivity contribution in [3.63, 3.8) is 0 Å². The van der Waals surface area contributed by atoms with E-state index in [-0.39, 0.29) is 22.0 Å². The maximum absolute atomic E-state index is 5.17. The van der Waals surface area contributed by atoms with Gasteiger partial charge in [0, 0.05) is 12.6 Å². The fraction of sp³-hybridized carbons (Fsp3) is 1.00. The zero-order valence-corrected chi connectivity index (χ0v) is 7.58. The Kier molecular flexibility index (Phi) is 16.4. The second kappa shape index (κ2) is 11.0. The van der Waals surface area contributed by atoms with Crippen LogP contribution in [-0.4, -0.2) is 12.6 Å². The molecule has 4 N–H and O–H groups in total. The SMILES string of the molecule is CC(N)CN.[Cl][Pd][Cl]. The van der Waals surface area contributed by atoms with Gasteiger partial charge < -0.3 is 11.5 Å². The zero-order valence-electron chi connectivity index (χ0n) is 4.51. The van der Waals surface area contributed by atoms with Gasteiger partial charge in [0.05, 0.1) is 0 Å². The number of nitrogens with two attached hydrogens (primary N) is 2.